The van der Waals surface area contributed by atoms with Crippen LogP contribution in [0, 0.1) is 0 Å². The molecule has 0 bridgehead atoms. The first-order valence-corrected chi connectivity index (χ1v) is 16.8. The second-order valence-electron chi connectivity index (χ2n) is 7.93. The fourth-order valence-corrected chi connectivity index (χ4v) is 11.0. The average Bonchev–Trinajstić information content (AvgIpc) is 2.25. The van der Waals surface area contributed by atoms with Gasteiger partial charge in [-0.3, -0.25) is 0 Å². The molecule has 3 nitrogen and oxygen atoms in total. The van der Waals surface area contributed by atoms with Crippen molar-refractivity contribution in [3.63, 3.8) is 0 Å². The molecule has 1 heterocycles. The van der Waals surface area contributed by atoms with Gasteiger partial charge in [0, 0.05) is 0 Å². The van der Waals surface area contributed by atoms with Crippen LogP contribution in [0.4, 0.5) is 0 Å². The molecule has 1 rings (SSSR count). The minimum Gasteiger partial charge on any atom is -0.439 e. The number of hydrogen-bond acceptors (Lipinski definition) is 3. The summed E-state index contributed by atoms with van der Waals surface area (Å²) in [7, 11) is -4.39. The fourth-order valence-electron chi connectivity index (χ4n) is 2.60. The van der Waals surface area contributed by atoms with Gasteiger partial charge in [0.15, 0.2) is 16.6 Å². The van der Waals surface area contributed by atoms with Crippen LogP contribution in [-0.2, 0) is 8.23 Å². The zero-order chi connectivity index (χ0) is 15.2. The molecule has 1 fully saturated rings. The van der Waals surface area contributed by atoms with E-state index in [0.29, 0.717) is 0 Å². The molecule has 0 aromatic heterocycles. The Morgan fingerprint density at radius 2 is 1.35 bits per heavy atom. The van der Waals surface area contributed by atoms with Crippen molar-refractivity contribution in [2.24, 2.45) is 0 Å². The monoisotopic (exact) mass is 333 g/mol. The molecule has 0 aromatic rings. The Morgan fingerprint density at radius 1 is 0.850 bits per heavy atom. The van der Waals surface area contributed by atoms with Gasteiger partial charge in [0.1, 0.15) is 0 Å². The van der Waals surface area contributed by atoms with Crippen LogP contribution in [-0.4, -0.2) is 50.5 Å². The van der Waals surface area contributed by atoms with Crippen LogP contribution >= 0.6 is 0 Å². The van der Waals surface area contributed by atoms with E-state index in [1.165, 1.54) is 51.4 Å². The lowest BCUT2D eigenvalue weighted by Gasteiger charge is -2.31. The zero-order valence-electron chi connectivity index (χ0n) is 14.5. The van der Waals surface area contributed by atoms with Gasteiger partial charge in [0.05, 0.1) is 0 Å². The Labute approximate surface area is 130 Å². The van der Waals surface area contributed by atoms with Crippen LogP contribution in [0.2, 0.25) is 45.3 Å². The van der Waals surface area contributed by atoms with Crippen molar-refractivity contribution in [3.05, 3.63) is 0 Å². The van der Waals surface area contributed by atoms with Crippen LogP contribution in [0.1, 0.15) is 25.7 Å². The van der Waals surface area contributed by atoms with Crippen molar-refractivity contribution in [1.29, 1.82) is 0 Å². The molecule has 0 atom stereocenters. The Bertz CT molecular complexity index is 255. The first-order chi connectivity index (χ1) is 9.16. The predicted octanol–water partition coefficient (Wildman–Crippen LogP) is 3.79. The van der Waals surface area contributed by atoms with Gasteiger partial charge in [-0.15, -0.1) is 0 Å². The first-order valence-electron chi connectivity index (χ1n) is 8.24. The number of nitrogens with zero attached hydrogens (tertiary/aromatic N) is 1. The van der Waals surface area contributed by atoms with Gasteiger partial charge in [-0.25, -0.2) is 0 Å². The summed E-state index contributed by atoms with van der Waals surface area (Å²) in [4.78, 5) is 2.62. The molecule has 0 unspecified atom stereocenters. The van der Waals surface area contributed by atoms with E-state index >= 15 is 0 Å². The lowest BCUT2D eigenvalue weighted by Crippen LogP contribution is -2.43. The van der Waals surface area contributed by atoms with Crippen molar-refractivity contribution < 1.29 is 8.23 Å². The standard InChI is InChI=1S/C14H35NO2Si3/c1-19(2,3)16-18(17-20(4,5)6)14-10-13-15-11-8-7-9-12-15/h18H,7-14H2,1-6H3. The van der Waals surface area contributed by atoms with E-state index in [1.54, 1.807) is 0 Å². The summed E-state index contributed by atoms with van der Waals surface area (Å²) in [6.45, 7) is 17.5. The molecule has 120 valence electrons. The van der Waals surface area contributed by atoms with Crippen molar-refractivity contribution in [2.75, 3.05) is 19.6 Å². The van der Waals surface area contributed by atoms with E-state index in [2.05, 4.69) is 44.2 Å². The summed E-state index contributed by atoms with van der Waals surface area (Å²) in [6, 6.07) is 1.19. The van der Waals surface area contributed by atoms with Crippen LogP contribution in [0.25, 0.3) is 0 Å². The van der Waals surface area contributed by atoms with Crippen molar-refractivity contribution in [2.45, 2.75) is 71.0 Å². The summed E-state index contributed by atoms with van der Waals surface area (Å²) < 4.78 is 12.8. The van der Waals surface area contributed by atoms with Crippen molar-refractivity contribution >= 4 is 25.9 Å². The highest BCUT2D eigenvalue weighted by atomic mass is 28.4. The van der Waals surface area contributed by atoms with E-state index in [-0.39, 0.29) is 0 Å². The molecule has 0 N–H and O–H groups in total. The van der Waals surface area contributed by atoms with Gasteiger partial charge < -0.3 is 13.1 Å². The van der Waals surface area contributed by atoms with Gasteiger partial charge in [-0.2, -0.15) is 0 Å². The van der Waals surface area contributed by atoms with E-state index in [9.17, 15) is 0 Å². The molecule has 0 aliphatic carbocycles. The third kappa shape index (κ3) is 9.46. The molecule has 0 amide bonds. The Balaban J connectivity index is 2.35. The van der Waals surface area contributed by atoms with E-state index in [1.807, 2.05) is 0 Å². The zero-order valence-corrected chi connectivity index (χ0v) is 17.7. The van der Waals surface area contributed by atoms with E-state index in [4.69, 9.17) is 8.23 Å². The van der Waals surface area contributed by atoms with Crippen LogP contribution < -0.4 is 0 Å². The summed E-state index contributed by atoms with van der Waals surface area (Å²) in [5.74, 6) is 0. The molecule has 0 spiro atoms. The summed E-state index contributed by atoms with van der Waals surface area (Å²) in [6.07, 6.45) is 5.45. The number of likely N-dealkylation sites (tertiary alicyclic amines) is 1. The third-order valence-corrected chi connectivity index (χ3v) is 12.0. The number of hydrogen-bond donors (Lipinski definition) is 0. The van der Waals surface area contributed by atoms with Gasteiger partial charge in [-0.1, -0.05) is 6.42 Å². The average molecular weight is 334 g/mol. The van der Waals surface area contributed by atoms with E-state index < -0.39 is 25.9 Å². The fraction of sp³-hybridized carbons (Fsp3) is 1.00. The van der Waals surface area contributed by atoms with Gasteiger partial charge >= 0.3 is 9.28 Å². The molecule has 1 aliphatic heterocycles. The van der Waals surface area contributed by atoms with Gasteiger partial charge in [-0.05, 0) is 84.2 Å². The topological polar surface area (TPSA) is 21.7 Å². The van der Waals surface area contributed by atoms with Crippen LogP contribution in [0.15, 0.2) is 0 Å². The predicted molar refractivity (Wildman–Crippen MR) is 95.7 cm³/mol. The maximum Gasteiger partial charge on any atom is 0.300 e. The second-order valence-corrected chi connectivity index (χ2v) is 19.7. The number of piperidine rings is 1. The van der Waals surface area contributed by atoms with E-state index in [0.717, 1.165) is 0 Å². The molecule has 20 heavy (non-hydrogen) atoms. The molecule has 0 aromatic carbocycles. The molecular formula is C14H35NO2Si3. The summed E-state index contributed by atoms with van der Waals surface area (Å²) in [5, 5.41) is 0. The molecule has 0 radical (unpaired) electrons. The SMILES string of the molecule is C[Si](C)(C)O[SiH](CCCN1CCCCC1)O[Si](C)(C)C. The second kappa shape index (κ2) is 8.24. The molecule has 6 heteroatoms. The normalized spacial score (nSPS) is 18.8. The highest BCUT2D eigenvalue weighted by Gasteiger charge is 2.28. The van der Waals surface area contributed by atoms with Gasteiger partial charge in [0.25, 0.3) is 0 Å². The Kier molecular flexibility index (Phi) is 7.65. The molecule has 0 saturated carbocycles. The number of rotatable bonds is 8. The van der Waals surface area contributed by atoms with Crippen LogP contribution in [0.3, 0.4) is 0 Å². The first kappa shape index (κ1) is 18.6. The molecular weight excluding hydrogens is 298 g/mol. The quantitative estimate of drug-likeness (QED) is 0.631. The lowest BCUT2D eigenvalue weighted by molar-refractivity contribution is 0.227. The minimum atomic E-state index is -1.46. The summed E-state index contributed by atoms with van der Waals surface area (Å²) in [5.41, 5.74) is 0. The molecule has 1 aliphatic rings. The minimum absolute atomic E-state index is 1.19. The maximum absolute atomic E-state index is 6.38. The lowest BCUT2D eigenvalue weighted by atomic mass is 10.1. The van der Waals surface area contributed by atoms with Crippen molar-refractivity contribution in [1.82, 2.24) is 4.90 Å². The highest BCUT2D eigenvalue weighted by Crippen LogP contribution is 2.17. The highest BCUT2D eigenvalue weighted by molar-refractivity contribution is 6.81. The van der Waals surface area contributed by atoms with Crippen molar-refractivity contribution in [3.8, 4) is 0 Å². The smallest absolute Gasteiger partial charge is 0.300 e. The molecule has 1 saturated heterocycles. The largest absolute Gasteiger partial charge is 0.439 e. The third-order valence-electron chi connectivity index (χ3n) is 3.33. The Morgan fingerprint density at radius 3 is 1.80 bits per heavy atom. The van der Waals surface area contributed by atoms with Crippen LogP contribution in [0.5, 0.6) is 0 Å². The summed E-state index contributed by atoms with van der Waals surface area (Å²) >= 11 is 0. The van der Waals surface area contributed by atoms with Gasteiger partial charge in [0.2, 0.25) is 0 Å². The maximum atomic E-state index is 6.38. The Hall–Kier alpha value is 0.531.